The highest BCUT2D eigenvalue weighted by atomic mass is 16.1. The minimum absolute atomic E-state index is 0.0132. The van der Waals surface area contributed by atoms with Crippen molar-refractivity contribution in [1.29, 1.82) is 0 Å². The quantitative estimate of drug-likeness (QED) is 0.130. The molecule has 3 aliphatic heterocycles. The van der Waals surface area contributed by atoms with Crippen molar-refractivity contribution in [3.05, 3.63) is 239 Å². The number of hydrogen-bond donors (Lipinski definition) is 0. The van der Waals surface area contributed by atoms with Crippen molar-refractivity contribution in [2.45, 2.75) is 44.4 Å². The summed E-state index contributed by atoms with van der Waals surface area (Å²) in [5.41, 5.74) is 25.4. The van der Waals surface area contributed by atoms with Gasteiger partial charge in [0.2, 0.25) is 0 Å². The van der Waals surface area contributed by atoms with Gasteiger partial charge in [0.15, 0.2) is 0 Å². The average molecular weight is 922 g/mol. The number of nitrogens with zero attached hydrogens (tertiary/aromatic N) is 3. The maximum Gasteiger partial charge on any atom is 0.263 e. The number of fused-ring (bicyclic) bond motifs is 9. The summed E-state index contributed by atoms with van der Waals surface area (Å²) >= 11 is 0. The third-order valence-corrected chi connectivity index (χ3v) is 17.8. The molecule has 5 heteroatoms. The third kappa shape index (κ3) is 5.05. The molecule has 0 spiro atoms. The molecule has 0 fully saturated rings. The molecule has 0 saturated carbocycles. The van der Waals surface area contributed by atoms with E-state index in [1.54, 1.807) is 0 Å². The zero-order chi connectivity index (χ0) is 47.9. The number of anilines is 6. The molecule has 4 heterocycles. The van der Waals surface area contributed by atoms with E-state index in [1.807, 2.05) is 16.7 Å². The number of hydrogen-bond acceptors (Lipinski definition) is 3. The van der Waals surface area contributed by atoms with Crippen LogP contribution in [0.5, 0.6) is 0 Å². The summed E-state index contributed by atoms with van der Waals surface area (Å²) in [6.07, 6.45) is 9.20. The Morgan fingerprint density at radius 2 is 1.00 bits per heavy atom. The molecule has 340 valence electrons. The Hall–Kier alpha value is -8.41. The monoisotopic (exact) mass is 921 g/mol. The van der Waals surface area contributed by atoms with Crippen LogP contribution in [0.25, 0.3) is 60.7 Å². The van der Waals surface area contributed by atoms with Crippen molar-refractivity contribution in [1.82, 2.24) is 4.57 Å². The van der Waals surface area contributed by atoms with E-state index in [-0.39, 0.29) is 23.1 Å². The Kier molecular flexibility index (Phi) is 7.80. The van der Waals surface area contributed by atoms with Gasteiger partial charge < -0.3 is 9.80 Å². The van der Waals surface area contributed by atoms with Crippen LogP contribution in [0.15, 0.2) is 211 Å². The number of aromatic nitrogens is 1. The van der Waals surface area contributed by atoms with E-state index < -0.39 is 0 Å². The SMILES string of the molecule is CC1(C)c2ccccc2-c2ccc(-c3ccc(N4c5cccc6c5B5c7c4cccc7-n4c(=O)c7ccccc7c7ccc(c5c74)N6c4ccc(-c5ccc6c(c5)C(C)(C)C5C=CC=CC65)cc4)cc3)cc21. The molecular formula is C67H48BN3O. The largest absolute Gasteiger partial charge is 0.311 e. The summed E-state index contributed by atoms with van der Waals surface area (Å²) in [7, 11) is 0. The zero-order valence-corrected chi connectivity index (χ0v) is 40.6. The molecule has 0 radical (unpaired) electrons. The predicted octanol–water partition coefficient (Wildman–Crippen LogP) is 14.3. The predicted molar refractivity (Wildman–Crippen MR) is 301 cm³/mol. The van der Waals surface area contributed by atoms with Gasteiger partial charge in [0, 0.05) is 61.9 Å². The first-order valence-electron chi connectivity index (χ1n) is 25.6. The van der Waals surface area contributed by atoms with Gasteiger partial charge in [0.1, 0.15) is 0 Å². The van der Waals surface area contributed by atoms with Crippen molar-refractivity contribution in [2.75, 3.05) is 9.80 Å². The highest BCUT2D eigenvalue weighted by molar-refractivity contribution is 7.02. The number of pyridine rings is 1. The van der Waals surface area contributed by atoms with Gasteiger partial charge in [-0.05, 0) is 155 Å². The lowest BCUT2D eigenvalue weighted by atomic mass is 9.32. The summed E-state index contributed by atoms with van der Waals surface area (Å²) < 4.78 is 2.04. The van der Waals surface area contributed by atoms with Crippen LogP contribution in [0.3, 0.4) is 0 Å². The van der Waals surface area contributed by atoms with Gasteiger partial charge in [-0.3, -0.25) is 9.36 Å². The fraction of sp³-hybridized carbons (Fsp3) is 0.119. The molecule has 4 nitrogen and oxygen atoms in total. The molecule has 2 atom stereocenters. The normalized spacial score (nSPS) is 18.1. The molecule has 1 aromatic heterocycles. The van der Waals surface area contributed by atoms with Crippen LogP contribution >= 0.6 is 0 Å². The van der Waals surface area contributed by atoms with E-state index in [0.717, 1.165) is 61.5 Å². The van der Waals surface area contributed by atoms with Crippen molar-refractivity contribution in [2.24, 2.45) is 5.92 Å². The smallest absolute Gasteiger partial charge is 0.263 e. The van der Waals surface area contributed by atoms with E-state index in [9.17, 15) is 0 Å². The van der Waals surface area contributed by atoms with Crippen LogP contribution in [0.2, 0.25) is 0 Å². The van der Waals surface area contributed by atoms with Crippen LogP contribution in [0.1, 0.15) is 55.9 Å². The Morgan fingerprint density at radius 3 is 1.71 bits per heavy atom. The fourth-order valence-corrected chi connectivity index (χ4v) is 14.4. The first kappa shape index (κ1) is 40.3. The molecule has 0 saturated heterocycles. The Bertz CT molecular complexity index is 4210. The highest BCUT2D eigenvalue weighted by Crippen LogP contribution is 2.54. The van der Waals surface area contributed by atoms with E-state index in [2.05, 4.69) is 232 Å². The third-order valence-electron chi connectivity index (χ3n) is 17.8. The van der Waals surface area contributed by atoms with Gasteiger partial charge in [0.05, 0.1) is 5.52 Å². The molecule has 16 rings (SSSR count). The Labute approximate surface area is 419 Å². The first-order chi connectivity index (χ1) is 35.2. The molecule has 6 aliphatic rings. The van der Waals surface area contributed by atoms with E-state index >= 15 is 4.79 Å². The fourth-order valence-electron chi connectivity index (χ4n) is 14.4. The Balaban J connectivity index is 0.871. The lowest BCUT2D eigenvalue weighted by molar-refractivity contribution is 0.394. The number of benzene rings is 9. The van der Waals surface area contributed by atoms with Gasteiger partial charge >= 0.3 is 0 Å². The van der Waals surface area contributed by atoms with Crippen molar-refractivity contribution < 1.29 is 0 Å². The maximum atomic E-state index is 15.2. The molecule has 0 bridgehead atoms. The summed E-state index contributed by atoms with van der Waals surface area (Å²) in [6.45, 7) is 9.42. The van der Waals surface area contributed by atoms with Crippen LogP contribution < -0.4 is 31.7 Å². The number of rotatable bonds is 4. The van der Waals surface area contributed by atoms with Crippen LogP contribution in [0, 0.1) is 5.92 Å². The summed E-state index contributed by atoms with van der Waals surface area (Å²) in [5, 5.41) is 2.82. The van der Waals surface area contributed by atoms with Gasteiger partial charge in [-0.15, -0.1) is 0 Å². The minimum Gasteiger partial charge on any atom is -0.311 e. The second-order valence-electron chi connectivity index (χ2n) is 22.0. The first-order valence-corrected chi connectivity index (χ1v) is 25.6. The second kappa shape index (κ2) is 13.9. The molecule has 0 amide bonds. The minimum atomic E-state index is -0.0882. The van der Waals surface area contributed by atoms with Gasteiger partial charge in [0.25, 0.3) is 12.3 Å². The zero-order valence-electron chi connectivity index (χ0n) is 40.6. The van der Waals surface area contributed by atoms with Crippen LogP contribution in [0.4, 0.5) is 34.1 Å². The van der Waals surface area contributed by atoms with E-state index in [0.29, 0.717) is 11.8 Å². The lowest BCUT2D eigenvalue weighted by Gasteiger charge is -2.46. The molecule has 3 aliphatic carbocycles. The van der Waals surface area contributed by atoms with Crippen LogP contribution in [-0.4, -0.2) is 11.3 Å². The van der Waals surface area contributed by atoms with E-state index in [4.69, 9.17) is 0 Å². The Morgan fingerprint density at radius 1 is 0.444 bits per heavy atom. The lowest BCUT2D eigenvalue weighted by Crippen LogP contribution is -2.64. The second-order valence-corrected chi connectivity index (χ2v) is 22.0. The average Bonchev–Trinajstić information content (AvgIpc) is 3.79. The topological polar surface area (TPSA) is 28.5 Å². The van der Waals surface area contributed by atoms with Gasteiger partial charge in [-0.2, -0.15) is 0 Å². The molecule has 2 unspecified atom stereocenters. The molecule has 72 heavy (non-hydrogen) atoms. The highest BCUT2D eigenvalue weighted by Gasteiger charge is 2.49. The van der Waals surface area contributed by atoms with Crippen molar-refractivity contribution >= 4 is 78.9 Å². The standard InChI is InChI=1S/C67H48BN3O/c1-66(2)52-17-9-7-14-46(52)48-33-27-41(37-54(48)66)39-23-29-43(30-24-39)69-56-19-11-20-57-61(56)68-62-58(69)21-12-22-59(62)71-64-50(45-13-5-6-16-51(45)65(71)72)35-36-60(63(64)68)70(57)44-31-25-40(26-32-44)42-28-34-49-47-15-8-10-18-53(47)67(3,4)55(49)38-42/h5-38,47,53H,1-4H3. The summed E-state index contributed by atoms with van der Waals surface area (Å²) in [5.74, 6) is 0.890. The van der Waals surface area contributed by atoms with E-state index in [1.165, 1.54) is 72.0 Å². The number of allylic oxidation sites excluding steroid dienone is 4. The maximum absolute atomic E-state index is 15.2. The van der Waals surface area contributed by atoms with Crippen LogP contribution in [-0.2, 0) is 10.8 Å². The molecular weight excluding hydrogens is 874 g/mol. The van der Waals surface area contributed by atoms with Crippen molar-refractivity contribution in [3.8, 4) is 39.1 Å². The van der Waals surface area contributed by atoms with Gasteiger partial charge in [-0.25, -0.2) is 0 Å². The summed E-state index contributed by atoms with van der Waals surface area (Å²) in [4.78, 5) is 20.1. The van der Waals surface area contributed by atoms with Gasteiger partial charge in [-0.1, -0.05) is 167 Å². The molecule has 0 N–H and O–H groups in total. The summed E-state index contributed by atoms with van der Waals surface area (Å²) in [6, 6.07) is 67.4. The molecule has 10 aromatic rings. The molecule has 9 aromatic carbocycles. The van der Waals surface area contributed by atoms with Crippen molar-refractivity contribution in [3.63, 3.8) is 0 Å².